The summed E-state index contributed by atoms with van der Waals surface area (Å²) in [5.74, 6) is 3.25. The Hall–Kier alpha value is -4.05. The van der Waals surface area contributed by atoms with Gasteiger partial charge in [0.2, 0.25) is 0 Å². The lowest BCUT2D eigenvalue weighted by molar-refractivity contribution is 0.312. The second-order valence-corrected chi connectivity index (χ2v) is 10.4. The highest BCUT2D eigenvalue weighted by atomic mass is 16.5. The van der Waals surface area contributed by atoms with E-state index in [1.54, 1.807) is 24.4 Å². The first-order valence-corrected chi connectivity index (χ1v) is 12.4. The second-order valence-electron chi connectivity index (χ2n) is 10.4. The normalized spacial score (nSPS) is 14.7. The van der Waals surface area contributed by atoms with Gasteiger partial charge in [-0.25, -0.2) is 14.8 Å². The van der Waals surface area contributed by atoms with E-state index in [4.69, 9.17) is 4.74 Å². The monoisotopic (exact) mass is 500 g/mol. The largest absolute Gasteiger partial charge is 0.455 e. The molecule has 0 aromatic carbocycles. The minimum atomic E-state index is -0.323. The van der Waals surface area contributed by atoms with E-state index < -0.39 is 0 Å². The molecule has 1 aliphatic rings. The smallest absolute Gasteiger partial charge is 0.349 e. The molecule has 4 aromatic rings. The minimum Gasteiger partial charge on any atom is -0.455 e. The van der Waals surface area contributed by atoms with Crippen LogP contribution in [-0.4, -0.2) is 67.8 Å². The van der Waals surface area contributed by atoms with Crippen molar-refractivity contribution in [2.24, 2.45) is 0 Å². The van der Waals surface area contributed by atoms with E-state index in [1.165, 1.54) is 4.68 Å². The molecule has 37 heavy (non-hydrogen) atoms. The minimum absolute atomic E-state index is 0.276. The third kappa shape index (κ3) is 5.39. The molecule has 1 aliphatic heterocycles. The summed E-state index contributed by atoms with van der Waals surface area (Å²) in [4.78, 5) is 33.6. The summed E-state index contributed by atoms with van der Waals surface area (Å²) in [7, 11) is 2.14. The quantitative estimate of drug-likeness (QED) is 0.444. The van der Waals surface area contributed by atoms with Gasteiger partial charge in [0.1, 0.15) is 23.1 Å². The van der Waals surface area contributed by atoms with Gasteiger partial charge < -0.3 is 14.5 Å². The number of ether oxygens (including phenoxy) is 1. The van der Waals surface area contributed by atoms with Gasteiger partial charge in [0.15, 0.2) is 5.82 Å². The summed E-state index contributed by atoms with van der Waals surface area (Å²) in [6.45, 7) is 11.8. The number of likely N-dealkylation sites (N-methyl/N-ethyl adjacent to an activating group) is 1. The Bertz CT molecular complexity index is 1440. The molecule has 0 bridgehead atoms. The molecule has 10 heteroatoms. The molecule has 5 rings (SSSR count). The maximum atomic E-state index is 12.4. The lowest BCUT2D eigenvalue weighted by Crippen LogP contribution is -2.44. The van der Waals surface area contributed by atoms with E-state index in [1.807, 2.05) is 52.1 Å². The summed E-state index contributed by atoms with van der Waals surface area (Å²) < 4.78 is 7.41. The molecule has 4 aromatic heterocycles. The van der Waals surface area contributed by atoms with Gasteiger partial charge in [0.25, 0.3) is 0 Å². The number of nitrogens with one attached hydrogen (secondary N) is 1. The fourth-order valence-corrected chi connectivity index (χ4v) is 4.10. The van der Waals surface area contributed by atoms with Crippen molar-refractivity contribution in [3.8, 4) is 28.6 Å². The Kier molecular flexibility index (Phi) is 6.51. The van der Waals surface area contributed by atoms with Crippen LogP contribution in [0.4, 0.5) is 5.82 Å². The summed E-state index contributed by atoms with van der Waals surface area (Å²) in [5, 5.41) is 4.42. The van der Waals surface area contributed by atoms with Crippen LogP contribution in [0.2, 0.25) is 0 Å². The topological polar surface area (TPSA) is 105 Å². The molecule has 0 saturated carbocycles. The molecule has 10 nitrogen and oxygen atoms in total. The number of rotatable bonds is 5. The molecule has 1 fully saturated rings. The van der Waals surface area contributed by atoms with E-state index in [0.29, 0.717) is 28.8 Å². The van der Waals surface area contributed by atoms with Crippen LogP contribution < -0.4 is 15.3 Å². The molecule has 0 amide bonds. The van der Waals surface area contributed by atoms with Gasteiger partial charge in [-0.15, -0.1) is 5.10 Å². The molecular formula is C27H32N8O2. The van der Waals surface area contributed by atoms with E-state index in [9.17, 15) is 4.79 Å². The Morgan fingerprint density at radius 1 is 0.973 bits per heavy atom. The van der Waals surface area contributed by atoms with E-state index >= 15 is 0 Å². The van der Waals surface area contributed by atoms with Crippen molar-refractivity contribution in [3.63, 3.8) is 0 Å². The highest BCUT2D eigenvalue weighted by molar-refractivity contribution is 5.61. The average molecular weight is 501 g/mol. The number of aromatic amines is 1. The highest BCUT2D eigenvalue weighted by Crippen LogP contribution is 2.28. The molecule has 1 N–H and O–H groups in total. The van der Waals surface area contributed by atoms with E-state index in [2.05, 4.69) is 41.9 Å². The number of anilines is 1. The van der Waals surface area contributed by atoms with Crippen molar-refractivity contribution in [2.45, 2.75) is 33.1 Å². The maximum absolute atomic E-state index is 12.4. The van der Waals surface area contributed by atoms with Crippen LogP contribution >= 0.6 is 0 Å². The predicted molar refractivity (Wildman–Crippen MR) is 143 cm³/mol. The average Bonchev–Trinajstić information content (AvgIpc) is 3.28. The van der Waals surface area contributed by atoms with Crippen LogP contribution in [-0.2, 0) is 5.41 Å². The molecular weight excluding hydrogens is 468 g/mol. The first-order chi connectivity index (χ1) is 17.7. The number of nitrogens with zero attached hydrogens (tertiary/aromatic N) is 7. The molecule has 0 spiro atoms. The van der Waals surface area contributed by atoms with Crippen molar-refractivity contribution in [2.75, 3.05) is 38.1 Å². The molecule has 192 valence electrons. The number of piperazine rings is 1. The summed E-state index contributed by atoms with van der Waals surface area (Å²) in [5.41, 5.74) is 1.73. The van der Waals surface area contributed by atoms with Gasteiger partial charge in [-0.3, -0.25) is 9.97 Å². The van der Waals surface area contributed by atoms with E-state index in [-0.39, 0.29) is 11.1 Å². The molecule has 0 unspecified atom stereocenters. The number of hydrogen-bond acceptors (Lipinski definition) is 8. The SMILES string of the molecule is Cc1nc(-n2nc(C(C)(C)C)[nH]c2=O)ccc1Oc1ccnc(-c2ccc(N3CCN(C)CC3)nc2)c1. The first kappa shape index (κ1) is 24.6. The Labute approximate surface area is 216 Å². The number of aromatic nitrogens is 6. The zero-order chi connectivity index (χ0) is 26.2. The molecule has 5 heterocycles. The second kappa shape index (κ2) is 9.78. The van der Waals surface area contributed by atoms with Crippen molar-refractivity contribution in [3.05, 3.63) is 70.8 Å². The Morgan fingerprint density at radius 3 is 2.38 bits per heavy atom. The molecule has 0 aliphatic carbocycles. The van der Waals surface area contributed by atoms with Crippen LogP contribution in [0.5, 0.6) is 11.5 Å². The Morgan fingerprint density at radius 2 is 1.73 bits per heavy atom. The van der Waals surface area contributed by atoms with Gasteiger partial charge >= 0.3 is 5.69 Å². The molecule has 1 saturated heterocycles. The van der Waals surface area contributed by atoms with Gasteiger partial charge in [0.05, 0.1) is 11.4 Å². The maximum Gasteiger partial charge on any atom is 0.349 e. The van der Waals surface area contributed by atoms with Crippen molar-refractivity contribution in [1.29, 1.82) is 0 Å². The summed E-state index contributed by atoms with van der Waals surface area (Å²) >= 11 is 0. The summed E-state index contributed by atoms with van der Waals surface area (Å²) in [6, 6.07) is 11.3. The van der Waals surface area contributed by atoms with Crippen LogP contribution in [0.25, 0.3) is 17.1 Å². The fourth-order valence-electron chi connectivity index (χ4n) is 4.10. The van der Waals surface area contributed by atoms with Gasteiger partial charge in [-0.1, -0.05) is 20.8 Å². The third-order valence-corrected chi connectivity index (χ3v) is 6.40. The zero-order valence-corrected chi connectivity index (χ0v) is 21.9. The van der Waals surface area contributed by atoms with Crippen molar-refractivity contribution < 1.29 is 4.74 Å². The van der Waals surface area contributed by atoms with E-state index in [0.717, 1.165) is 43.3 Å². The van der Waals surface area contributed by atoms with Crippen LogP contribution in [0.15, 0.2) is 53.6 Å². The predicted octanol–water partition coefficient (Wildman–Crippen LogP) is 3.56. The number of aryl methyl sites for hydroxylation is 1. The Balaban J connectivity index is 1.32. The number of pyridine rings is 3. The standard InChI is InChI=1S/C27H32N8O2/c1-18-22(7-9-24(30-18)35-26(36)31-25(32-35)27(2,3)4)37-20-10-11-28-21(16-20)19-6-8-23(29-17-19)34-14-12-33(5)13-15-34/h6-11,16-17H,12-15H2,1-5H3,(H,31,32,36). The number of H-pyrrole nitrogens is 1. The van der Waals surface area contributed by atoms with Crippen LogP contribution in [0.3, 0.4) is 0 Å². The number of hydrogen-bond donors (Lipinski definition) is 1. The molecule has 0 radical (unpaired) electrons. The van der Waals surface area contributed by atoms with Crippen molar-refractivity contribution in [1.82, 2.24) is 34.6 Å². The van der Waals surface area contributed by atoms with Gasteiger partial charge in [-0.05, 0) is 44.3 Å². The third-order valence-electron chi connectivity index (χ3n) is 6.40. The molecule has 0 atom stereocenters. The first-order valence-electron chi connectivity index (χ1n) is 12.4. The van der Waals surface area contributed by atoms with Gasteiger partial charge in [-0.2, -0.15) is 4.68 Å². The van der Waals surface area contributed by atoms with Crippen LogP contribution in [0.1, 0.15) is 32.3 Å². The van der Waals surface area contributed by atoms with Crippen LogP contribution in [0, 0.1) is 6.92 Å². The lowest BCUT2D eigenvalue weighted by Gasteiger charge is -2.33. The van der Waals surface area contributed by atoms with Crippen molar-refractivity contribution >= 4 is 5.82 Å². The highest BCUT2D eigenvalue weighted by Gasteiger charge is 2.21. The van der Waals surface area contributed by atoms with Gasteiger partial charge in [0, 0.05) is 55.6 Å². The zero-order valence-electron chi connectivity index (χ0n) is 21.9. The fraction of sp³-hybridized carbons (Fsp3) is 0.370. The summed E-state index contributed by atoms with van der Waals surface area (Å²) in [6.07, 6.45) is 3.57. The lowest BCUT2D eigenvalue weighted by atomic mass is 9.96.